The molecule has 106 valence electrons. The van der Waals surface area contributed by atoms with Gasteiger partial charge in [-0.05, 0) is 42.9 Å². The highest BCUT2D eigenvalue weighted by Gasteiger charge is 2.14. The molecule has 0 saturated carbocycles. The van der Waals surface area contributed by atoms with Crippen LogP contribution in [0.15, 0.2) is 30.6 Å². The first-order valence-corrected chi connectivity index (χ1v) is 7.26. The third kappa shape index (κ3) is 2.70. The highest BCUT2D eigenvalue weighted by Crippen LogP contribution is 2.29. The summed E-state index contributed by atoms with van der Waals surface area (Å²) in [5.41, 5.74) is 4.14. The lowest BCUT2D eigenvalue weighted by atomic mass is 9.90. The second-order valence-electron chi connectivity index (χ2n) is 5.21. The van der Waals surface area contributed by atoms with Crippen molar-refractivity contribution in [2.45, 2.75) is 32.2 Å². The van der Waals surface area contributed by atoms with Crippen molar-refractivity contribution in [1.82, 2.24) is 9.55 Å². The first-order valence-electron chi connectivity index (χ1n) is 7.26. The van der Waals surface area contributed by atoms with E-state index in [1.165, 1.54) is 36.1 Å². The molecule has 0 unspecified atom stereocenters. The molecule has 0 spiro atoms. The Balaban J connectivity index is 1.83. The maximum absolute atomic E-state index is 5.13. The molecule has 1 N–H and O–H groups in total. The van der Waals surface area contributed by atoms with E-state index in [-0.39, 0.29) is 0 Å². The highest BCUT2D eigenvalue weighted by atomic mass is 16.5. The molecule has 0 fully saturated rings. The largest absolute Gasteiger partial charge is 0.383 e. The summed E-state index contributed by atoms with van der Waals surface area (Å²) >= 11 is 0. The summed E-state index contributed by atoms with van der Waals surface area (Å²) in [5.74, 6) is 0.890. The second kappa shape index (κ2) is 6.09. The number of aryl methyl sites for hydroxylation is 1. The van der Waals surface area contributed by atoms with Crippen LogP contribution in [-0.2, 0) is 24.1 Å². The number of benzene rings is 1. The number of rotatable bonds is 5. The molecule has 0 aliphatic heterocycles. The van der Waals surface area contributed by atoms with Gasteiger partial charge in [0.2, 0.25) is 5.95 Å². The van der Waals surface area contributed by atoms with Gasteiger partial charge in [-0.25, -0.2) is 4.98 Å². The summed E-state index contributed by atoms with van der Waals surface area (Å²) in [6.07, 6.45) is 8.76. The third-order valence-electron chi connectivity index (χ3n) is 3.89. The van der Waals surface area contributed by atoms with E-state index in [4.69, 9.17) is 4.74 Å². The number of nitrogens with zero attached hydrogens (tertiary/aromatic N) is 2. The number of fused-ring (bicyclic) bond motifs is 1. The lowest BCUT2D eigenvalue weighted by Gasteiger charge is -2.20. The smallest absolute Gasteiger partial charge is 0.207 e. The number of imidazole rings is 1. The van der Waals surface area contributed by atoms with Crippen LogP contribution in [0.5, 0.6) is 0 Å². The molecule has 2 aromatic rings. The van der Waals surface area contributed by atoms with Crippen LogP contribution in [0, 0.1) is 0 Å². The minimum absolute atomic E-state index is 0.692. The highest BCUT2D eigenvalue weighted by molar-refractivity contribution is 5.61. The minimum Gasteiger partial charge on any atom is -0.383 e. The molecule has 0 bridgehead atoms. The van der Waals surface area contributed by atoms with Gasteiger partial charge in [-0.1, -0.05) is 12.1 Å². The molecule has 1 aromatic carbocycles. The second-order valence-corrected chi connectivity index (χ2v) is 5.21. The van der Waals surface area contributed by atoms with Crippen LogP contribution in [0.25, 0.3) is 0 Å². The average Bonchev–Trinajstić information content (AvgIpc) is 2.93. The number of aromatic nitrogens is 2. The maximum atomic E-state index is 5.13. The van der Waals surface area contributed by atoms with Crippen molar-refractivity contribution < 1.29 is 4.74 Å². The van der Waals surface area contributed by atoms with Gasteiger partial charge in [0.25, 0.3) is 0 Å². The average molecular weight is 271 g/mol. The van der Waals surface area contributed by atoms with Crippen molar-refractivity contribution in [2.75, 3.05) is 19.0 Å². The Morgan fingerprint density at radius 2 is 2.20 bits per heavy atom. The van der Waals surface area contributed by atoms with Gasteiger partial charge < -0.3 is 14.6 Å². The fourth-order valence-electron chi connectivity index (χ4n) is 2.82. The van der Waals surface area contributed by atoms with E-state index >= 15 is 0 Å². The van der Waals surface area contributed by atoms with E-state index in [9.17, 15) is 0 Å². The Morgan fingerprint density at radius 3 is 3.10 bits per heavy atom. The predicted octanol–water partition coefficient (Wildman–Crippen LogP) is 3.15. The molecule has 1 aliphatic rings. The third-order valence-corrected chi connectivity index (χ3v) is 3.89. The molecule has 1 aliphatic carbocycles. The summed E-state index contributed by atoms with van der Waals surface area (Å²) in [4.78, 5) is 4.41. The van der Waals surface area contributed by atoms with Crippen molar-refractivity contribution in [3.63, 3.8) is 0 Å². The van der Waals surface area contributed by atoms with Gasteiger partial charge in [0.1, 0.15) is 0 Å². The van der Waals surface area contributed by atoms with E-state index in [2.05, 4.69) is 33.1 Å². The first-order chi connectivity index (χ1) is 9.88. The molecular formula is C16H21N3O. The lowest BCUT2D eigenvalue weighted by Crippen LogP contribution is -2.10. The Kier molecular flexibility index (Phi) is 4.02. The van der Waals surface area contributed by atoms with Crippen LogP contribution in [-0.4, -0.2) is 23.3 Å². The van der Waals surface area contributed by atoms with Crippen molar-refractivity contribution in [3.05, 3.63) is 41.7 Å². The molecular weight excluding hydrogens is 250 g/mol. The number of hydrogen-bond donors (Lipinski definition) is 1. The molecule has 0 amide bonds. The zero-order valence-corrected chi connectivity index (χ0v) is 11.9. The zero-order chi connectivity index (χ0) is 13.8. The van der Waals surface area contributed by atoms with Gasteiger partial charge in [-0.15, -0.1) is 0 Å². The Hall–Kier alpha value is -1.81. The lowest BCUT2D eigenvalue weighted by molar-refractivity contribution is 0.188. The molecule has 3 rings (SSSR count). The molecule has 4 nitrogen and oxygen atoms in total. The molecule has 0 saturated heterocycles. The quantitative estimate of drug-likeness (QED) is 0.908. The Bertz CT molecular complexity index is 577. The van der Waals surface area contributed by atoms with Gasteiger partial charge in [0.05, 0.1) is 6.61 Å². The standard InChI is InChI=1S/C16H21N3O/c1-20-12-11-19-10-9-17-16(19)18-15-8-4-6-13-5-2-3-7-14(13)15/h4,6,8-10H,2-3,5,7,11-12H2,1H3,(H,17,18). The molecule has 4 heteroatoms. The van der Waals surface area contributed by atoms with Crippen molar-refractivity contribution in [1.29, 1.82) is 0 Å². The Labute approximate surface area is 119 Å². The summed E-state index contributed by atoms with van der Waals surface area (Å²) in [6, 6.07) is 6.53. The van der Waals surface area contributed by atoms with Crippen LogP contribution < -0.4 is 5.32 Å². The van der Waals surface area contributed by atoms with Crippen LogP contribution in [0.1, 0.15) is 24.0 Å². The summed E-state index contributed by atoms with van der Waals surface area (Å²) in [7, 11) is 1.72. The van der Waals surface area contributed by atoms with Crippen molar-refractivity contribution in [3.8, 4) is 0 Å². The van der Waals surface area contributed by atoms with Crippen molar-refractivity contribution in [2.24, 2.45) is 0 Å². The van der Waals surface area contributed by atoms with E-state index in [1.807, 2.05) is 12.4 Å². The SMILES string of the molecule is COCCn1ccnc1Nc1cccc2c1CCCC2. The minimum atomic E-state index is 0.692. The van der Waals surface area contributed by atoms with Crippen LogP contribution in [0.3, 0.4) is 0 Å². The summed E-state index contributed by atoms with van der Waals surface area (Å²) in [5, 5.41) is 3.49. The normalized spacial score (nSPS) is 14.1. The summed E-state index contributed by atoms with van der Waals surface area (Å²) in [6.45, 7) is 1.51. The monoisotopic (exact) mass is 271 g/mol. The topological polar surface area (TPSA) is 39.1 Å². The van der Waals surface area contributed by atoms with Gasteiger partial charge in [0.15, 0.2) is 0 Å². The van der Waals surface area contributed by atoms with E-state index in [1.54, 1.807) is 7.11 Å². The van der Waals surface area contributed by atoms with Gasteiger partial charge >= 0.3 is 0 Å². The summed E-state index contributed by atoms with van der Waals surface area (Å²) < 4.78 is 7.22. The van der Waals surface area contributed by atoms with E-state index in [0.717, 1.165) is 18.9 Å². The number of nitrogens with one attached hydrogen (secondary N) is 1. The van der Waals surface area contributed by atoms with Gasteiger partial charge in [-0.2, -0.15) is 0 Å². The van der Waals surface area contributed by atoms with E-state index in [0.29, 0.717) is 6.61 Å². The molecule has 1 aromatic heterocycles. The van der Waals surface area contributed by atoms with Crippen LogP contribution in [0.2, 0.25) is 0 Å². The Morgan fingerprint density at radius 1 is 1.30 bits per heavy atom. The fourth-order valence-corrected chi connectivity index (χ4v) is 2.82. The number of ether oxygens (including phenoxy) is 1. The van der Waals surface area contributed by atoms with Crippen LogP contribution >= 0.6 is 0 Å². The maximum Gasteiger partial charge on any atom is 0.207 e. The first kappa shape index (κ1) is 13.2. The van der Waals surface area contributed by atoms with Crippen LogP contribution in [0.4, 0.5) is 11.6 Å². The van der Waals surface area contributed by atoms with Crippen molar-refractivity contribution >= 4 is 11.6 Å². The van der Waals surface area contributed by atoms with E-state index < -0.39 is 0 Å². The number of anilines is 2. The predicted molar refractivity (Wildman–Crippen MR) is 80.5 cm³/mol. The molecule has 0 atom stereocenters. The zero-order valence-electron chi connectivity index (χ0n) is 11.9. The number of methoxy groups -OCH3 is 1. The number of hydrogen-bond acceptors (Lipinski definition) is 3. The molecule has 20 heavy (non-hydrogen) atoms. The van der Waals surface area contributed by atoms with Gasteiger partial charge in [-0.3, -0.25) is 0 Å². The molecule has 1 heterocycles. The van der Waals surface area contributed by atoms with Gasteiger partial charge in [0, 0.05) is 31.7 Å². The molecule has 0 radical (unpaired) electrons. The fraction of sp³-hybridized carbons (Fsp3) is 0.438.